The second kappa shape index (κ2) is 6.42. The number of hydrogen-bond acceptors (Lipinski definition) is 5. The number of carbonyl (C=O) groups is 1. The van der Waals surface area contributed by atoms with Crippen LogP contribution in [-0.4, -0.2) is 25.1 Å². The predicted molar refractivity (Wildman–Crippen MR) is 86.4 cm³/mol. The Bertz CT molecular complexity index is 947. The van der Waals surface area contributed by atoms with Gasteiger partial charge in [0.15, 0.2) is 11.5 Å². The lowest BCUT2D eigenvalue weighted by Gasteiger charge is -2.14. The van der Waals surface area contributed by atoms with E-state index in [1.54, 1.807) is 0 Å². The van der Waals surface area contributed by atoms with E-state index >= 15 is 0 Å². The molecule has 0 aliphatic heterocycles. The normalized spacial score (nSPS) is 15.1. The van der Waals surface area contributed by atoms with Crippen molar-refractivity contribution in [3.8, 4) is 0 Å². The number of nitrogens with one attached hydrogen (secondary N) is 1. The Hall–Kier alpha value is -2.36. The maximum absolute atomic E-state index is 13.0. The van der Waals surface area contributed by atoms with Crippen LogP contribution in [-0.2, 0) is 16.2 Å². The molecule has 0 radical (unpaired) electrons. The maximum atomic E-state index is 13.0. The van der Waals surface area contributed by atoms with Gasteiger partial charge in [-0.05, 0) is 38.0 Å². The summed E-state index contributed by atoms with van der Waals surface area (Å²) >= 11 is 0. The molecule has 3 rings (SSSR count). The molecule has 6 nitrogen and oxygen atoms in total. The third kappa shape index (κ3) is 3.74. The van der Waals surface area contributed by atoms with Crippen LogP contribution < -0.4 is 4.72 Å². The highest BCUT2D eigenvalue weighted by Gasteiger charge is 2.35. The third-order valence-corrected chi connectivity index (χ3v) is 5.32. The van der Waals surface area contributed by atoms with Gasteiger partial charge >= 0.3 is 6.18 Å². The largest absolute Gasteiger partial charge is 0.416 e. The number of hydrogen-bond donors (Lipinski definition) is 1. The summed E-state index contributed by atoms with van der Waals surface area (Å²) < 4.78 is 69.8. The minimum absolute atomic E-state index is 0.0571. The second-order valence-corrected chi connectivity index (χ2v) is 7.98. The van der Waals surface area contributed by atoms with Gasteiger partial charge in [0.2, 0.25) is 10.0 Å². The zero-order valence-electron chi connectivity index (χ0n) is 13.6. The molecule has 1 saturated carbocycles. The quantitative estimate of drug-likeness (QED) is 0.765. The summed E-state index contributed by atoms with van der Waals surface area (Å²) in [5, 5.41) is 3.59. The average molecular weight is 388 g/mol. The van der Waals surface area contributed by atoms with E-state index in [0.29, 0.717) is 11.8 Å². The molecule has 1 aromatic carbocycles. The lowest BCUT2D eigenvalue weighted by atomic mass is 9.99. The maximum Gasteiger partial charge on any atom is 0.416 e. The van der Waals surface area contributed by atoms with Crippen LogP contribution in [0.25, 0.3) is 0 Å². The van der Waals surface area contributed by atoms with E-state index in [2.05, 4.69) is 9.88 Å². The van der Waals surface area contributed by atoms with E-state index in [-0.39, 0.29) is 22.8 Å². The molecule has 0 spiro atoms. The standard InChI is InChI=1S/C16H15F3N2O4S/c1-2-26(23,24)21-13-7-10(16(17,18)19)5-6-11(13)14(22)12-8-20-25-15(12)9-3-4-9/h5-9,21H,2-4H2,1H3. The summed E-state index contributed by atoms with van der Waals surface area (Å²) in [4.78, 5) is 12.8. The van der Waals surface area contributed by atoms with Gasteiger partial charge in [-0.25, -0.2) is 8.42 Å². The SMILES string of the molecule is CCS(=O)(=O)Nc1cc(C(F)(F)F)ccc1C(=O)c1cnoc1C1CC1. The van der Waals surface area contributed by atoms with E-state index in [1.807, 2.05) is 0 Å². The number of alkyl halides is 3. The van der Waals surface area contributed by atoms with E-state index in [9.17, 15) is 26.4 Å². The highest BCUT2D eigenvalue weighted by atomic mass is 32.2. The Morgan fingerprint density at radius 1 is 1.31 bits per heavy atom. The molecule has 0 saturated heterocycles. The number of rotatable bonds is 6. The van der Waals surface area contributed by atoms with Crippen molar-refractivity contribution in [1.82, 2.24) is 5.16 Å². The lowest BCUT2D eigenvalue weighted by Crippen LogP contribution is -2.18. The molecule has 1 aliphatic rings. The minimum Gasteiger partial charge on any atom is -0.360 e. The number of ketones is 1. The zero-order chi connectivity index (χ0) is 19.1. The molecular weight excluding hydrogens is 373 g/mol. The van der Waals surface area contributed by atoms with Crippen molar-refractivity contribution in [2.45, 2.75) is 31.9 Å². The van der Waals surface area contributed by atoms with E-state index in [0.717, 1.165) is 25.0 Å². The summed E-state index contributed by atoms with van der Waals surface area (Å²) in [7, 11) is -3.88. The molecule has 1 N–H and O–H groups in total. The van der Waals surface area contributed by atoms with Crippen LogP contribution in [0.3, 0.4) is 0 Å². The van der Waals surface area contributed by atoms with Crippen molar-refractivity contribution in [3.05, 3.63) is 46.8 Å². The van der Waals surface area contributed by atoms with Gasteiger partial charge in [0, 0.05) is 11.5 Å². The monoisotopic (exact) mass is 388 g/mol. The van der Waals surface area contributed by atoms with E-state index in [4.69, 9.17) is 4.52 Å². The van der Waals surface area contributed by atoms with Gasteiger partial charge in [0.1, 0.15) is 0 Å². The molecule has 1 heterocycles. The highest BCUT2D eigenvalue weighted by molar-refractivity contribution is 7.92. The smallest absolute Gasteiger partial charge is 0.360 e. The molecule has 1 aromatic heterocycles. The number of nitrogens with zero attached hydrogens (tertiary/aromatic N) is 1. The van der Waals surface area contributed by atoms with Crippen molar-refractivity contribution in [3.63, 3.8) is 0 Å². The minimum atomic E-state index is -4.68. The fourth-order valence-electron chi connectivity index (χ4n) is 2.45. The Kier molecular flexibility index (Phi) is 4.55. The van der Waals surface area contributed by atoms with Gasteiger partial charge in [-0.1, -0.05) is 5.16 Å². The first-order valence-electron chi connectivity index (χ1n) is 7.83. The molecule has 140 valence electrons. The van der Waals surface area contributed by atoms with E-state index < -0.39 is 33.2 Å². The first-order chi connectivity index (χ1) is 12.1. The molecule has 2 aromatic rings. The fourth-order valence-corrected chi connectivity index (χ4v) is 3.10. The molecule has 0 unspecified atom stereocenters. The first kappa shape index (κ1) is 18.4. The number of anilines is 1. The predicted octanol–water partition coefficient (Wildman–Crippen LogP) is 3.56. The molecule has 26 heavy (non-hydrogen) atoms. The van der Waals surface area contributed by atoms with Gasteiger partial charge < -0.3 is 4.52 Å². The molecule has 0 bridgehead atoms. The summed E-state index contributed by atoms with van der Waals surface area (Å²) in [5.41, 5.74) is -1.55. The summed E-state index contributed by atoms with van der Waals surface area (Å²) in [6, 6.07) is 2.31. The zero-order valence-corrected chi connectivity index (χ0v) is 14.4. The van der Waals surface area contributed by atoms with Gasteiger partial charge in [0.25, 0.3) is 0 Å². The summed E-state index contributed by atoms with van der Waals surface area (Å²) in [6.07, 6.45) is -1.81. The number of aromatic nitrogens is 1. The van der Waals surface area contributed by atoms with Crippen molar-refractivity contribution in [2.75, 3.05) is 10.5 Å². The number of halogens is 3. The Labute approximate surface area is 147 Å². The number of benzene rings is 1. The average Bonchev–Trinajstić information content (AvgIpc) is 3.30. The van der Waals surface area contributed by atoms with Crippen LogP contribution in [0.1, 0.15) is 52.9 Å². The molecule has 1 fully saturated rings. The van der Waals surface area contributed by atoms with E-state index in [1.165, 1.54) is 13.1 Å². The third-order valence-electron chi connectivity index (χ3n) is 4.03. The van der Waals surface area contributed by atoms with Crippen LogP contribution in [0.5, 0.6) is 0 Å². The van der Waals surface area contributed by atoms with Crippen LogP contribution in [0.4, 0.5) is 18.9 Å². The van der Waals surface area contributed by atoms with Gasteiger partial charge in [0.05, 0.1) is 28.8 Å². The van der Waals surface area contributed by atoms with Gasteiger partial charge in [-0.2, -0.15) is 13.2 Å². The molecule has 0 amide bonds. The topological polar surface area (TPSA) is 89.3 Å². The molecule has 10 heteroatoms. The number of sulfonamides is 1. The van der Waals surface area contributed by atoms with Crippen molar-refractivity contribution in [1.29, 1.82) is 0 Å². The molecular formula is C16H15F3N2O4S. The van der Waals surface area contributed by atoms with Crippen LogP contribution in [0, 0.1) is 0 Å². The molecule has 1 aliphatic carbocycles. The number of carbonyl (C=O) groups excluding carboxylic acids is 1. The van der Waals surface area contributed by atoms with Gasteiger partial charge in [-0.3, -0.25) is 9.52 Å². The summed E-state index contributed by atoms with van der Waals surface area (Å²) in [5.74, 6) is -0.561. The van der Waals surface area contributed by atoms with Gasteiger partial charge in [-0.15, -0.1) is 0 Å². The van der Waals surface area contributed by atoms with Crippen LogP contribution in [0.2, 0.25) is 0 Å². The Morgan fingerprint density at radius 3 is 2.58 bits per heavy atom. The van der Waals surface area contributed by atoms with Crippen LogP contribution >= 0.6 is 0 Å². The Morgan fingerprint density at radius 2 is 2.00 bits per heavy atom. The first-order valence-corrected chi connectivity index (χ1v) is 9.48. The second-order valence-electron chi connectivity index (χ2n) is 5.97. The van der Waals surface area contributed by atoms with Crippen LogP contribution in [0.15, 0.2) is 28.9 Å². The fraction of sp³-hybridized carbons (Fsp3) is 0.375. The lowest BCUT2D eigenvalue weighted by molar-refractivity contribution is -0.137. The van der Waals surface area contributed by atoms with Crippen molar-refractivity contribution < 1.29 is 30.9 Å². The molecule has 0 atom stereocenters. The van der Waals surface area contributed by atoms with Crippen molar-refractivity contribution >= 4 is 21.5 Å². The summed E-state index contributed by atoms with van der Waals surface area (Å²) in [6.45, 7) is 1.34. The Balaban J connectivity index is 2.07. The van der Waals surface area contributed by atoms with Crippen molar-refractivity contribution in [2.24, 2.45) is 0 Å². The highest BCUT2D eigenvalue weighted by Crippen LogP contribution is 2.42.